The number of carbonyl (C=O) groups excluding carboxylic acids is 2. The third-order valence-corrected chi connectivity index (χ3v) is 3.04. The van der Waals surface area contributed by atoms with Gasteiger partial charge in [0.05, 0.1) is 11.8 Å². The first-order valence-corrected chi connectivity index (χ1v) is 5.10. The molecule has 0 bridgehead atoms. The molecule has 0 spiro atoms. The third kappa shape index (κ3) is 1.40. The second kappa shape index (κ2) is 3.29. The minimum atomic E-state index is -1.15. The lowest BCUT2D eigenvalue weighted by molar-refractivity contribution is -0.164. The molecule has 14 heavy (non-hydrogen) atoms. The number of ether oxygens (including phenoxy) is 1. The highest BCUT2D eigenvalue weighted by molar-refractivity contribution is 8.03. The van der Waals surface area contributed by atoms with Gasteiger partial charge in [-0.1, -0.05) is 0 Å². The van der Waals surface area contributed by atoms with Gasteiger partial charge in [-0.15, -0.1) is 11.8 Å². The molecule has 2 aliphatic heterocycles. The van der Waals surface area contributed by atoms with E-state index < -0.39 is 12.3 Å². The van der Waals surface area contributed by atoms with Gasteiger partial charge in [-0.25, -0.2) is 4.79 Å². The highest BCUT2D eigenvalue weighted by atomic mass is 32.2. The molecule has 1 amide bonds. The van der Waals surface area contributed by atoms with E-state index >= 15 is 0 Å². The SMILES string of the molecule is CC(O)OC(=O)C1=CS[C@@H]2CC(=O)N12. The number of fused-ring (bicyclic) bond motifs is 1. The van der Waals surface area contributed by atoms with Gasteiger partial charge >= 0.3 is 5.97 Å². The van der Waals surface area contributed by atoms with Crippen molar-refractivity contribution in [1.29, 1.82) is 0 Å². The Balaban J connectivity index is 2.05. The summed E-state index contributed by atoms with van der Waals surface area (Å²) in [5, 5.41) is 10.5. The van der Waals surface area contributed by atoms with Gasteiger partial charge in [0.2, 0.25) is 5.91 Å². The predicted octanol–water partition coefficient (Wildman–Crippen LogP) is 0.0145. The van der Waals surface area contributed by atoms with Crippen LogP contribution in [0.4, 0.5) is 0 Å². The lowest BCUT2D eigenvalue weighted by Crippen LogP contribution is -2.48. The first-order valence-electron chi connectivity index (χ1n) is 4.16. The molecule has 5 nitrogen and oxygen atoms in total. The second-order valence-electron chi connectivity index (χ2n) is 3.07. The van der Waals surface area contributed by atoms with Crippen LogP contribution >= 0.6 is 11.8 Å². The van der Waals surface area contributed by atoms with Gasteiger partial charge < -0.3 is 9.84 Å². The van der Waals surface area contributed by atoms with E-state index in [1.54, 1.807) is 5.41 Å². The number of nitrogens with zero attached hydrogens (tertiary/aromatic N) is 1. The molecule has 1 unspecified atom stereocenters. The maximum atomic E-state index is 11.3. The molecule has 1 N–H and O–H groups in total. The Morgan fingerprint density at radius 2 is 2.57 bits per heavy atom. The molecule has 0 radical (unpaired) electrons. The quantitative estimate of drug-likeness (QED) is 0.399. The largest absolute Gasteiger partial charge is 0.432 e. The van der Waals surface area contributed by atoms with E-state index in [2.05, 4.69) is 4.74 Å². The van der Waals surface area contributed by atoms with E-state index in [0.717, 1.165) is 0 Å². The number of thioether (sulfide) groups is 1. The molecule has 0 aromatic heterocycles. The standard InChI is InChI=1S/C8H9NO4S/c1-4(10)13-8(12)5-3-14-7-2-6(11)9(5)7/h3-4,7,10H,2H2,1H3/t4?,7-/m1/s1. The molecule has 2 rings (SSSR count). The maximum Gasteiger partial charge on any atom is 0.357 e. The van der Waals surface area contributed by atoms with Crippen LogP contribution in [0.3, 0.4) is 0 Å². The summed E-state index contributed by atoms with van der Waals surface area (Å²) < 4.78 is 4.58. The van der Waals surface area contributed by atoms with Gasteiger partial charge in [0.1, 0.15) is 5.70 Å². The van der Waals surface area contributed by atoms with Gasteiger partial charge in [0.15, 0.2) is 6.29 Å². The number of hydrogen-bond donors (Lipinski definition) is 1. The molecule has 2 atom stereocenters. The summed E-state index contributed by atoms with van der Waals surface area (Å²) in [5.74, 6) is -0.725. The molecule has 1 saturated heterocycles. The third-order valence-electron chi connectivity index (χ3n) is 1.99. The van der Waals surface area contributed by atoms with Crippen LogP contribution in [-0.4, -0.2) is 33.5 Å². The zero-order valence-electron chi connectivity index (χ0n) is 7.47. The maximum absolute atomic E-state index is 11.3. The number of carbonyl (C=O) groups is 2. The fourth-order valence-corrected chi connectivity index (χ4v) is 2.43. The minimum Gasteiger partial charge on any atom is -0.432 e. The van der Waals surface area contributed by atoms with E-state index in [4.69, 9.17) is 5.11 Å². The fraction of sp³-hybridized carbons (Fsp3) is 0.500. The smallest absolute Gasteiger partial charge is 0.357 e. The van der Waals surface area contributed by atoms with Crippen molar-refractivity contribution >= 4 is 23.6 Å². The van der Waals surface area contributed by atoms with Crippen molar-refractivity contribution in [2.45, 2.75) is 25.0 Å². The van der Waals surface area contributed by atoms with Gasteiger partial charge in [0, 0.05) is 5.41 Å². The Hall–Kier alpha value is -1.01. The van der Waals surface area contributed by atoms with Gasteiger partial charge in [-0.05, 0) is 6.92 Å². The normalized spacial score (nSPS) is 26.4. The molecule has 0 aliphatic carbocycles. The zero-order chi connectivity index (χ0) is 10.3. The summed E-state index contributed by atoms with van der Waals surface area (Å²) in [6.07, 6.45) is -0.684. The summed E-state index contributed by atoms with van der Waals surface area (Å²) in [6.45, 7) is 1.34. The number of amides is 1. The average Bonchev–Trinajstić information content (AvgIpc) is 2.40. The van der Waals surface area contributed by atoms with E-state index in [1.807, 2.05) is 0 Å². The summed E-state index contributed by atoms with van der Waals surface area (Å²) in [5.41, 5.74) is 0.233. The van der Waals surface area contributed by atoms with E-state index in [0.29, 0.717) is 6.42 Å². The van der Waals surface area contributed by atoms with Gasteiger partial charge in [0.25, 0.3) is 0 Å². The number of aliphatic hydroxyl groups excluding tert-OH is 1. The van der Waals surface area contributed by atoms with Crippen molar-refractivity contribution in [1.82, 2.24) is 4.90 Å². The van der Waals surface area contributed by atoms with Crippen LogP contribution in [0.15, 0.2) is 11.1 Å². The first kappa shape index (κ1) is 9.54. The van der Waals surface area contributed by atoms with Crippen LogP contribution in [0.1, 0.15) is 13.3 Å². The molecule has 2 aliphatic rings. The van der Waals surface area contributed by atoms with Gasteiger partial charge in [-0.3, -0.25) is 9.69 Å². The Morgan fingerprint density at radius 1 is 1.86 bits per heavy atom. The number of β-lactam (4-membered cyclic amide) rings is 1. The van der Waals surface area contributed by atoms with Crippen LogP contribution < -0.4 is 0 Å². The van der Waals surface area contributed by atoms with Crippen LogP contribution in [-0.2, 0) is 14.3 Å². The lowest BCUT2D eigenvalue weighted by atomic mass is 10.2. The number of rotatable bonds is 2. The van der Waals surface area contributed by atoms with Crippen molar-refractivity contribution in [3.8, 4) is 0 Å². The molecule has 0 saturated carbocycles. The number of aliphatic hydroxyl groups is 1. The van der Waals surface area contributed by atoms with Gasteiger partial charge in [-0.2, -0.15) is 0 Å². The molecule has 0 aromatic carbocycles. The van der Waals surface area contributed by atoms with Crippen LogP contribution in [0, 0.1) is 0 Å². The molecule has 2 heterocycles. The topological polar surface area (TPSA) is 66.8 Å². The van der Waals surface area contributed by atoms with Crippen LogP contribution in [0.25, 0.3) is 0 Å². The van der Waals surface area contributed by atoms with Crippen LogP contribution in [0.5, 0.6) is 0 Å². The van der Waals surface area contributed by atoms with Crippen molar-refractivity contribution in [2.75, 3.05) is 0 Å². The van der Waals surface area contributed by atoms with Crippen molar-refractivity contribution < 1.29 is 19.4 Å². The Bertz CT molecular complexity index is 325. The van der Waals surface area contributed by atoms with Crippen LogP contribution in [0.2, 0.25) is 0 Å². The van der Waals surface area contributed by atoms with E-state index in [-0.39, 0.29) is 17.0 Å². The highest BCUT2D eigenvalue weighted by Crippen LogP contribution is 2.40. The molecule has 1 fully saturated rings. The van der Waals surface area contributed by atoms with E-state index in [9.17, 15) is 9.59 Å². The molecule has 76 valence electrons. The Morgan fingerprint density at radius 3 is 3.14 bits per heavy atom. The Labute approximate surface area is 84.7 Å². The van der Waals surface area contributed by atoms with E-state index in [1.165, 1.54) is 23.6 Å². The second-order valence-corrected chi connectivity index (χ2v) is 4.12. The van der Waals surface area contributed by atoms with Crippen molar-refractivity contribution in [3.63, 3.8) is 0 Å². The molecular weight excluding hydrogens is 206 g/mol. The zero-order valence-corrected chi connectivity index (χ0v) is 8.28. The summed E-state index contributed by atoms with van der Waals surface area (Å²) in [7, 11) is 0. The summed E-state index contributed by atoms with van der Waals surface area (Å²) in [4.78, 5) is 23.8. The monoisotopic (exact) mass is 215 g/mol. The minimum absolute atomic E-state index is 0.0547. The van der Waals surface area contributed by atoms with Crippen molar-refractivity contribution in [2.24, 2.45) is 0 Å². The van der Waals surface area contributed by atoms with Crippen molar-refractivity contribution in [3.05, 3.63) is 11.1 Å². The fourth-order valence-electron chi connectivity index (χ4n) is 1.35. The lowest BCUT2D eigenvalue weighted by Gasteiger charge is -2.34. The first-order chi connectivity index (χ1) is 6.59. The Kier molecular flexibility index (Phi) is 2.24. The summed E-state index contributed by atoms with van der Waals surface area (Å²) >= 11 is 1.42. The molecule has 6 heteroatoms. The average molecular weight is 215 g/mol. The number of hydrogen-bond acceptors (Lipinski definition) is 5. The summed E-state index contributed by atoms with van der Waals surface area (Å²) in [6, 6.07) is 0. The molecular formula is C8H9NO4S. The predicted molar refractivity (Wildman–Crippen MR) is 48.7 cm³/mol. The molecule has 0 aromatic rings. The highest BCUT2D eigenvalue weighted by Gasteiger charge is 2.45. The number of esters is 1.